The summed E-state index contributed by atoms with van der Waals surface area (Å²) in [4.78, 5) is 2.29. The quantitative estimate of drug-likeness (QED) is 0.688. The van der Waals surface area contributed by atoms with E-state index in [1.807, 2.05) is 36.0 Å². The highest BCUT2D eigenvalue weighted by atomic mass is 16.3. The molecule has 3 aromatic rings. The van der Waals surface area contributed by atoms with Crippen molar-refractivity contribution in [3.8, 4) is 11.3 Å². The molecule has 1 N–H and O–H groups in total. The fourth-order valence-corrected chi connectivity index (χ4v) is 3.08. The van der Waals surface area contributed by atoms with Crippen molar-refractivity contribution >= 4 is 0 Å². The maximum Gasteiger partial charge on any atom is 0.0968 e. The number of nitrogens with zero attached hydrogens (tertiary/aromatic N) is 3. The van der Waals surface area contributed by atoms with Gasteiger partial charge in [-0.15, -0.1) is 0 Å². The Hall–Kier alpha value is -2.43. The van der Waals surface area contributed by atoms with Gasteiger partial charge in [0.25, 0.3) is 0 Å². The van der Waals surface area contributed by atoms with Crippen LogP contribution in [-0.2, 0) is 20.0 Å². The second-order valence-corrected chi connectivity index (χ2v) is 6.28. The summed E-state index contributed by atoms with van der Waals surface area (Å²) in [5.41, 5.74) is 4.66. The molecule has 2 aromatic carbocycles. The van der Waals surface area contributed by atoms with Gasteiger partial charge in [0.15, 0.2) is 0 Å². The molecular weight excluding hydrogens is 310 g/mol. The first-order chi connectivity index (χ1) is 12.3. The smallest absolute Gasteiger partial charge is 0.0968 e. The Balaban J connectivity index is 1.74. The lowest BCUT2D eigenvalue weighted by atomic mass is 10.1. The minimum atomic E-state index is 0.162. The van der Waals surface area contributed by atoms with E-state index < -0.39 is 0 Å². The summed E-state index contributed by atoms with van der Waals surface area (Å²) in [6, 6.07) is 20.7. The third-order valence-corrected chi connectivity index (χ3v) is 4.32. The lowest BCUT2D eigenvalue weighted by molar-refractivity contribution is 0.192. The second-order valence-electron chi connectivity index (χ2n) is 6.28. The van der Waals surface area contributed by atoms with Crippen LogP contribution in [0.4, 0.5) is 0 Å². The van der Waals surface area contributed by atoms with Crippen LogP contribution in [0.15, 0.2) is 66.9 Å². The van der Waals surface area contributed by atoms with Crippen LogP contribution >= 0.6 is 0 Å². The first kappa shape index (κ1) is 17.4. The molecule has 0 aliphatic carbocycles. The van der Waals surface area contributed by atoms with Crippen LogP contribution in [0.1, 0.15) is 11.1 Å². The van der Waals surface area contributed by atoms with Crippen LogP contribution in [0.3, 0.4) is 0 Å². The van der Waals surface area contributed by atoms with Crippen molar-refractivity contribution in [2.75, 3.05) is 19.7 Å². The van der Waals surface area contributed by atoms with Gasteiger partial charge in [-0.3, -0.25) is 9.58 Å². The van der Waals surface area contributed by atoms with Gasteiger partial charge in [0.2, 0.25) is 0 Å². The lowest BCUT2D eigenvalue weighted by Gasteiger charge is -2.21. The molecular formula is C21H25N3O. The molecule has 0 fully saturated rings. The van der Waals surface area contributed by atoms with Crippen molar-refractivity contribution in [1.29, 1.82) is 0 Å². The van der Waals surface area contributed by atoms with Crippen LogP contribution in [0.5, 0.6) is 0 Å². The van der Waals surface area contributed by atoms with Gasteiger partial charge in [-0.2, -0.15) is 5.10 Å². The van der Waals surface area contributed by atoms with E-state index in [1.165, 1.54) is 11.1 Å². The second kappa shape index (κ2) is 8.60. The van der Waals surface area contributed by atoms with Crippen LogP contribution in [-0.4, -0.2) is 39.5 Å². The van der Waals surface area contributed by atoms with Crippen molar-refractivity contribution < 1.29 is 5.11 Å². The zero-order valence-corrected chi connectivity index (χ0v) is 14.7. The van der Waals surface area contributed by atoms with Crippen LogP contribution in [0.2, 0.25) is 0 Å². The molecule has 25 heavy (non-hydrogen) atoms. The standard InChI is InChI=1S/C21H25N3O/c1-23-16-20(21(22-23)19-10-6-3-7-11-19)17-24(14-15-25)13-12-18-8-4-2-5-9-18/h2-11,16,25H,12-15,17H2,1H3. The van der Waals surface area contributed by atoms with E-state index in [4.69, 9.17) is 0 Å². The van der Waals surface area contributed by atoms with Crippen LogP contribution < -0.4 is 0 Å². The molecule has 1 aromatic heterocycles. The maximum atomic E-state index is 9.44. The summed E-state index contributed by atoms with van der Waals surface area (Å²) in [6.07, 6.45) is 3.05. The molecule has 0 saturated carbocycles. The van der Waals surface area contributed by atoms with E-state index in [-0.39, 0.29) is 6.61 Å². The Labute approximate surface area is 149 Å². The number of rotatable bonds is 8. The Kier molecular flexibility index (Phi) is 5.99. The summed E-state index contributed by atoms with van der Waals surface area (Å²) in [7, 11) is 1.95. The number of aryl methyl sites for hydroxylation is 1. The summed E-state index contributed by atoms with van der Waals surface area (Å²) < 4.78 is 1.87. The predicted octanol–water partition coefficient (Wildman–Crippen LogP) is 3.12. The highest BCUT2D eigenvalue weighted by Crippen LogP contribution is 2.23. The van der Waals surface area contributed by atoms with Crippen LogP contribution in [0.25, 0.3) is 11.3 Å². The Morgan fingerprint density at radius 1 is 0.960 bits per heavy atom. The van der Waals surface area contributed by atoms with Crippen LogP contribution in [0, 0.1) is 0 Å². The van der Waals surface area contributed by atoms with Gasteiger partial charge in [-0.05, 0) is 12.0 Å². The summed E-state index contributed by atoms with van der Waals surface area (Å²) in [5.74, 6) is 0. The molecule has 0 aliphatic heterocycles. The SMILES string of the molecule is Cn1cc(CN(CCO)CCc2ccccc2)c(-c2ccccc2)n1. The molecule has 0 radical (unpaired) electrons. The number of aliphatic hydroxyl groups is 1. The first-order valence-corrected chi connectivity index (χ1v) is 8.71. The Morgan fingerprint density at radius 3 is 2.32 bits per heavy atom. The molecule has 0 amide bonds. The number of benzene rings is 2. The highest BCUT2D eigenvalue weighted by molar-refractivity contribution is 5.62. The Morgan fingerprint density at radius 2 is 1.64 bits per heavy atom. The monoisotopic (exact) mass is 335 g/mol. The van der Waals surface area contributed by atoms with Gasteiger partial charge in [-0.25, -0.2) is 0 Å². The number of aliphatic hydroxyl groups excluding tert-OH is 1. The molecule has 1 heterocycles. The fraction of sp³-hybridized carbons (Fsp3) is 0.286. The van der Waals surface area contributed by atoms with E-state index in [2.05, 4.69) is 52.6 Å². The minimum Gasteiger partial charge on any atom is -0.395 e. The van der Waals surface area contributed by atoms with Crippen molar-refractivity contribution in [2.24, 2.45) is 7.05 Å². The fourth-order valence-electron chi connectivity index (χ4n) is 3.08. The zero-order chi connectivity index (χ0) is 17.5. The molecule has 0 unspecified atom stereocenters. The third kappa shape index (κ3) is 4.78. The zero-order valence-electron chi connectivity index (χ0n) is 14.7. The molecule has 0 aliphatic rings. The Bertz CT molecular complexity index is 768. The predicted molar refractivity (Wildman–Crippen MR) is 101 cm³/mol. The molecule has 4 nitrogen and oxygen atoms in total. The van der Waals surface area contributed by atoms with Gasteiger partial charge in [-0.1, -0.05) is 60.7 Å². The third-order valence-electron chi connectivity index (χ3n) is 4.32. The van der Waals surface area contributed by atoms with Crippen molar-refractivity contribution in [2.45, 2.75) is 13.0 Å². The van der Waals surface area contributed by atoms with E-state index in [9.17, 15) is 5.11 Å². The molecule has 0 spiro atoms. The number of hydrogen-bond donors (Lipinski definition) is 1. The van der Waals surface area contributed by atoms with E-state index in [0.717, 1.165) is 30.8 Å². The largest absolute Gasteiger partial charge is 0.395 e. The molecule has 130 valence electrons. The van der Waals surface area contributed by atoms with E-state index in [1.54, 1.807) is 0 Å². The number of aromatic nitrogens is 2. The van der Waals surface area contributed by atoms with E-state index in [0.29, 0.717) is 6.54 Å². The van der Waals surface area contributed by atoms with Gasteiger partial charge < -0.3 is 5.11 Å². The van der Waals surface area contributed by atoms with Crippen molar-refractivity contribution in [1.82, 2.24) is 14.7 Å². The molecule has 0 saturated heterocycles. The molecule has 0 atom stereocenters. The minimum absolute atomic E-state index is 0.162. The van der Waals surface area contributed by atoms with Gasteiger partial charge in [0.1, 0.15) is 0 Å². The summed E-state index contributed by atoms with van der Waals surface area (Å²) in [5, 5.41) is 14.1. The first-order valence-electron chi connectivity index (χ1n) is 8.71. The topological polar surface area (TPSA) is 41.3 Å². The van der Waals surface area contributed by atoms with Gasteiger partial charge in [0, 0.05) is 44.0 Å². The average molecular weight is 335 g/mol. The lowest BCUT2D eigenvalue weighted by Crippen LogP contribution is -2.28. The van der Waals surface area contributed by atoms with Gasteiger partial charge in [0.05, 0.1) is 12.3 Å². The molecule has 4 heteroatoms. The normalized spacial score (nSPS) is 11.2. The summed E-state index contributed by atoms with van der Waals surface area (Å²) in [6.45, 7) is 2.52. The maximum absolute atomic E-state index is 9.44. The van der Waals surface area contributed by atoms with Crippen molar-refractivity contribution in [3.05, 3.63) is 78.0 Å². The number of hydrogen-bond acceptors (Lipinski definition) is 3. The van der Waals surface area contributed by atoms with Gasteiger partial charge >= 0.3 is 0 Å². The summed E-state index contributed by atoms with van der Waals surface area (Å²) >= 11 is 0. The molecule has 0 bridgehead atoms. The van der Waals surface area contributed by atoms with Crippen molar-refractivity contribution in [3.63, 3.8) is 0 Å². The van der Waals surface area contributed by atoms with E-state index >= 15 is 0 Å². The molecule has 3 rings (SSSR count). The average Bonchev–Trinajstić information content (AvgIpc) is 3.02. The highest BCUT2D eigenvalue weighted by Gasteiger charge is 2.14.